The smallest absolute Gasteiger partial charge is 0.341 e. The van der Waals surface area contributed by atoms with Crippen molar-refractivity contribution < 1.29 is 19.1 Å². The van der Waals surface area contributed by atoms with Gasteiger partial charge < -0.3 is 14.3 Å². The highest BCUT2D eigenvalue weighted by atomic mass is 16.6. The summed E-state index contributed by atoms with van der Waals surface area (Å²) in [4.78, 5) is 16.6. The van der Waals surface area contributed by atoms with Crippen molar-refractivity contribution in [1.29, 1.82) is 0 Å². The van der Waals surface area contributed by atoms with Crippen molar-refractivity contribution in [2.75, 3.05) is 14.2 Å². The minimum atomic E-state index is -0.454. The molecule has 0 radical (unpaired) electrons. The van der Waals surface area contributed by atoms with Gasteiger partial charge in [0.1, 0.15) is 12.2 Å². The predicted molar refractivity (Wildman–Crippen MR) is 72.5 cm³/mol. The molecule has 102 valence electrons. The predicted octanol–water partition coefficient (Wildman–Crippen LogP) is 2.29. The molecule has 0 aliphatic carbocycles. The van der Waals surface area contributed by atoms with Gasteiger partial charge in [0.05, 0.1) is 20.5 Å². The minimum absolute atomic E-state index is 0.290. The lowest BCUT2D eigenvalue weighted by molar-refractivity contribution is -0.133. The number of hydrogen-bond acceptors (Lipinski definition) is 5. The highest BCUT2D eigenvalue weighted by Crippen LogP contribution is 2.22. The third-order valence-electron chi connectivity index (χ3n) is 2.56. The largest absolute Gasteiger partial charge is 0.503 e. The molecule has 1 rings (SSSR count). The molecule has 0 atom stereocenters. The van der Waals surface area contributed by atoms with Crippen molar-refractivity contribution >= 4 is 18.3 Å². The van der Waals surface area contributed by atoms with Crippen molar-refractivity contribution in [2.45, 2.75) is 13.5 Å². The average molecular weight is 263 g/mol. The Hall–Kier alpha value is -2.30. The molecule has 0 aliphatic heterocycles. The van der Waals surface area contributed by atoms with Crippen LogP contribution < -0.4 is 0 Å². The highest BCUT2D eigenvalue weighted by molar-refractivity contribution is 6.16. The summed E-state index contributed by atoms with van der Waals surface area (Å²) in [6, 6.07) is 5.62. The molecule has 5 heteroatoms. The summed E-state index contributed by atoms with van der Waals surface area (Å²) in [6.07, 6.45) is 1.37. The van der Waals surface area contributed by atoms with Crippen LogP contribution in [0.2, 0.25) is 0 Å². The van der Waals surface area contributed by atoms with Crippen LogP contribution in [0.15, 0.2) is 29.6 Å². The number of methoxy groups -OCH3 is 2. The van der Waals surface area contributed by atoms with E-state index in [2.05, 4.69) is 11.9 Å². The number of nitrogens with zero attached hydrogens (tertiary/aromatic N) is 1. The second kappa shape index (κ2) is 7.20. The van der Waals surface area contributed by atoms with Crippen LogP contribution >= 0.6 is 0 Å². The Bertz CT molecular complexity index is 494. The van der Waals surface area contributed by atoms with Crippen molar-refractivity contribution in [3.8, 4) is 0 Å². The first kappa shape index (κ1) is 14.8. The van der Waals surface area contributed by atoms with Gasteiger partial charge in [0.2, 0.25) is 0 Å². The van der Waals surface area contributed by atoms with Gasteiger partial charge in [0, 0.05) is 6.72 Å². The fraction of sp³-hybridized carbons (Fsp3) is 0.286. The Balaban J connectivity index is 3.18. The Morgan fingerprint density at radius 2 is 2.16 bits per heavy atom. The lowest BCUT2D eigenvalue weighted by atomic mass is 9.99. The normalized spacial score (nSPS) is 10.8. The SMILES string of the molecule is C=NOCc1ccc(C)c(/C(=C\OC)C(=O)OC)c1. The van der Waals surface area contributed by atoms with E-state index in [9.17, 15) is 4.79 Å². The van der Waals surface area contributed by atoms with Gasteiger partial charge in [-0.2, -0.15) is 0 Å². The zero-order chi connectivity index (χ0) is 14.3. The molecule has 0 amide bonds. The quantitative estimate of drug-likeness (QED) is 0.260. The Morgan fingerprint density at radius 1 is 1.42 bits per heavy atom. The summed E-state index contributed by atoms with van der Waals surface area (Å²) >= 11 is 0. The summed E-state index contributed by atoms with van der Waals surface area (Å²) in [5.41, 5.74) is 2.90. The Labute approximate surface area is 112 Å². The fourth-order valence-electron chi connectivity index (χ4n) is 1.62. The molecular weight excluding hydrogens is 246 g/mol. The molecule has 0 spiro atoms. The highest BCUT2D eigenvalue weighted by Gasteiger charge is 2.16. The average Bonchev–Trinajstić information content (AvgIpc) is 2.43. The number of aryl methyl sites for hydroxylation is 1. The number of esters is 1. The van der Waals surface area contributed by atoms with Crippen molar-refractivity contribution in [1.82, 2.24) is 0 Å². The van der Waals surface area contributed by atoms with Gasteiger partial charge in [-0.15, -0.1) is 5.16 Å². The van der Waals surface area contributed by atoms with Gasteiger partial charge in [0.15, 0.2) is 0 Å². The van der Waals surface area contributed by atoms with E-state index in [0.29, 0.717) is 5.57 Å². The van der Waals surface area contributed by atoms with E-state index in [0.717, 1.165) is 16.7 Å². The van der Waals surface area contributed by atoms with E-state index in [1.807, 2.05) is 25.1 Å². The summed E-state index contributed by atoms with van der Waals surface area (Å²) in [7, 11) is 2.81. The maximum absolute atomic E-state index is 11.7. The maximum Gasteiger partial charge on any atom is 0.341 e. The molecular formula is C14H17NO4. The fourth-order valence-corrected chi connectivity index (χ4v) is 1.62. The molecule has 19 heavy (non-hydrogen) atoms. The summed E-state index contributed by atoms with van der Waals surface area (Å²) in [5, 5.41) is 3.33. The number of benzene rings is 1. The number of carbonyl (C=O) groups excluding carboxylic acids is 1. The lowest BCUT2D eigenvalue weighted by Gasteiger charge is -2.10. The van der Waals surface area contributed by atoms with Crippen LogP contribution in [0.25, 0.3) is 5.57 Å². The van der Waals surface area contributed by atoms with E-state index in [4.69, 9.17) is 14.3 Å². The summed E-state index contributed by atoms with van der Waals surface area (Å²) in [5.74, 6) is -0.454. The molecule has 0 aromatic heterocycles. The molecule has 0 saturated carbocycles. The van der Waals surface area contributed by atoms with Gasteiger partial charge in [-0.05, 0) is 29.7 Å². The zero-order valence-corrected chi connectivity index (χ0v) is 11.3. The second-order valence-corrected chi connectivity index (χ2v) is 3.81. The van der Waals surface area contributed by atoms with Gasteiger partial charge in [-0.3, -0.25) is 0 Å². The van der Waals surface area contributed by atoms with Crippen LogP contribution in [0.1, 0.15) is 16.7 Å². The van der Waals surface area contributed by atoms with Crippen molar-refractivity contribution in [3.05, 3.63) is 41.2 Å². The van der Waals surface area contributed by atoms with Gasteiger partial charge >= 0.3 is 5.97 Å². The third-order valence-corrected chi connectivity index (χ3v) is 2.56. The molecule has 1 aromatic rings. The topological polar surface area (TPSA) is 57.1 Å². The number of carbonyl (C=O) groups is 1. The third kappa shape index (κ3) is 3.84. The molecule has 0 N–H and O–H groups in total. The van der Waals surface area contributed by atoms with Gasteiger partial charge in [0.25, 0.3) is 0 Å². The molecule has 0 saturated heterocycles. The number of oxime groups is 1. The minimum Gasteiger partial charge on any atom is -0.503 e. The van der Waals surface area contributed by atoms with Crippen molar-refractivity contribution in [3.63, 3.8) is 0 Å². The number of ether oxygens (including phenoxy) is 2. The van der Waals surface area contributed by atoms with Crippen LogP contribution in [0, 0.1) is 6.92 Å². The van der Waals surface area contributed by atoms with Crippen LogP contribution in [0.5, 0.6) is 0 Å². The van der Waals surface area contributed by atoms with E-state index in [1.54, 1.807) is 0 Å². The van der Waals surface area contributed by atoms with Crippen LogP contribution in [0.4, 0.5) is 0 Å². The second-order valence-electron chi connectivity index (χ2n) is 3.81. The summed E-state index contributed by atoms with van der Waals surface area (Å²) in [6.45, 7) is 5.43. The lowest BCUT2D eigenvalue weighted by Crippen LogP contribution is -2.06. The molecule has 0 heterocycles. The first-order valence-corrected chi connectivity index (χ1v) is 5.63. The molecule has 0 unspecified atom stereocenters. The van der Waals surface area contributed by atoms with E-state index >= 15 is 0 Å². The number of rotatable bonds is 6. The molecule has 1 aromatic carbocycles. The maximum atomic E-state index is 11.7. The Morgan fingerprint density at radius 3 is 2.74 bits per heavy atom. The Kier molecular flexibility index (Phi) is 5.60. The van der Waals surface area contributed by atoms with Crippen LogP contribution in [0.3, 0.4) is 0 Å². The van der Waals surface area contributed by atoms with Gasteiger partial charge in [-0.25, -0.2) is 4.79 Å². The zero-order valence-electron chi connectivity index (χ0n) is 11.3. The standard InChI is InChI=1S/C14H17NO4/c1-10-5-6-11(8-19-15-2)7-12(10)13(9-17-3)14(16)18-4/h5-7,9H,2,8H2,1,3-4H3/b13-9+. The first-order valence-electron chi connectivity index (χ1n) is 5.63. The molecule has 5 nitrogen and oxygen atoms in total. The monoisotopic (exact) mass is 263 g/mol. The van der Waals surface area contributed by atoms with E-state index in [-0.39, 0.29) is 6.61 Å². The molecule has 0 bridgehead atoms. The van der Waals surface area contributed by atoms with Crippen molar-refractivity contribution in [2.24, 2.45) is 5.16 Å². The van der Waals surface area contributed by atoms with Gasteiger partial charge in [-0.1, -0.05) is 12.1 Å². The van der Waals surface area contributed by atoms with Crippen LogP contribution in [-0.4, -0.2) is 26.9 Å². The molecule has 0 fully saturated rings. The number of hydrogen-bond donors (Lipinski definition) is 0. The summed E-state index contributed by atoms with van der Waals surface area (Å²) < 4.78 is 9.68. The van der Waals surface area contributed by atoms with Crippen LogP contribution in [-0.2, 0) is 25.7 Å². The van der Waals surface area contributed by atoms with E-state index in [1.165, 1.54) is 20.5 Å². The first-order chi connectivity index (χ1) is 9.13. The van der Waals surface area contributed by atoms with E-state index < -0.39 is 5.97 Å². The molecule has 0 aliphatic rings.